The molecule has 1 aromatic carbocycles. The van der Waals surface area contributed by atoms with Gasteiger partial charge in [-0.1, -0.05) is 11.8 Å². The number of methoxy groups -OCH3 is 2. The number of nitrogens with zero attached hydrogens (tertiary/aromatic N) is 3. The number of thioether (sulfide) groups is 1. The van der Waals surface area contributed by atoms with Gasteiger partial charge in [-0.3, -0.25) is 9.59 Å². The van der Waals surface area contributed by atoms with Crippen LogP contribution in [0, 0.1) is 0 Å². The number of ether oxygens (including phenoxy) is 3. The van der Waals surface area contributed by atoms with Crippen molar-refractivity contribution in [1.29, 1.82) is 0 Å². The Balaban J connectivity index is 1.93. The van der Waals surface area contributed by atoms with Crippen LogP contribution < -0.4 is 15.0 Å². The maximum atomic E-state index is 12.2. The molecule has 2 heterocycles. The fourth-order valence-corrected chi connectivity index (χ4v) is 3.29. The third-order valence-corrected chi connectivity index (χ3v) is 4.70. The van der Waals surface area contributed by atoms with E-state index in [1.165, 1.54) is 4.52 Å². The summed E-state index contributed by atoms with van der Waals surface area (Å²) in [7, 11) is 3.10. The van der Waals surface area contributed by atoms with E-state index < -0.39 is 5.60 Å². The summed E-state index contributed by atoms with van der Waals surface area (Å²) < 4.78 is 17.3. The average Bonchev–Trinajstić information content (AvgIpc) is 3.12. The van der Waals surface area contributed by atoms with Gasteiger partial charge in [-0.05, 0) is 45.0 Å². The molecule has 3 aromatic rings. The van der Waals surface area contributed by atoms with E-state index in [0.29, 0.717) is 27.9 Å². The second-order valence-corrected chi connectivity index (χ2v) is 8.05. The first-order valence-corrected chi connectivity index (χ1v) is 9.76. The molecule has 1 N–H and O–H groups in total. The molecule has 0 amide bonds. The molecule has 0 saturated carbocycles. The lowest BCUT2D eigenvalue weighted by molar-refractivity contribution is -0.151. The summed E-state index contributed by atoms with van der Waals surface area (Å²) in [6.07, 6.45) is 0. The van der Waals surface area contributed by atoms with Crippen molar-refractivity contribution in [2.75, 3.05) is 20.0 Å². The molecule has 0 unspecified atom stereocenters. The zero-order valence-electron chi connectivity index (χ0n) is 16.8. The maximum absolute atomic E-state index is 12.2. The first kappa shape index (κ1) is 20.7. The number of fused-ring (bicyclic) bond motifs is 1. The Morgan fingerprint density at radius 1 is 1.17 bits per heavy atom. The number of carbonyl (C=O) groups excluding carboxylic acids is 1. The molecule has 154 valence electrons. The minimum Gasteiger partial charge on any atom is -0.493 e. The van der Waals surface area contributed by atoms with Crippen LogP contribution in [0.4, 0.5) is 0 Å². The smallest absolute Gasteiger partial charge is 0.316 e. The van der Waals surface area contributed by atoms with Crippen LogP contribution >= 0.6 is 11.8 Å². The molecule has 29 heavy (non-hydrogen) atoms. The minimum absolute atomic E-state index is 0.0387. The molecule has 3 rings (SSSR count). The zero-order chi connectivity index (χ0) is 21.2. The Hall–Kier alpha value is -3.01. The second kappa shape index (κ2) is 8.16. The van der Waals surface area contributed by atoms with Crippen LogP contribution in [0.5, 0.6) is 11.5 Å². The van der Waals surface area contributed by atoms with Gasteiger partial charge in [-0.25, -0.2) is 9.61 Å². The van der Waals surface area contributed by atoms with Gasteiger partial charge in [0.2, 0.25) is 5.16 Å². The average molecular weight is 418 g/mol. The summed E-state index contributed by atoms with van der Waals surface area (Å²) in [6, 6.07) is 7.01. The number of benzene rings is 1. The highest BCUT2D eigenvalue weighted by atomic mass is 32.2. The third kappa shape index (κ3) is 4.70. The van der Waals surface area contributed by atoms with Gasteiger partial charge in [0.25, 0.3) is 5.56 Å². The molecule has 0 atom stereocenters. The standard InChI is InChI=1S/C19H22N4O5S/c1-19(2,3)28-16(24)10-29-18-21-20-17(25)13-9-12(22-23(13)18)11-6-7-14(26-4)15(8-11)27-5/h6-9H,10H2,1-5H3,(H,20,25). The number of hydrogen-bond donors (Lipinski definition) is 1. The minimum atomic E-state index is -0.572. The number of carbonyl (C=O) groups is 1. The largest absolute Gasteiger partial charge is 0.493 e. The third-order valence-electron chi connectivity index (χ3n) is 3.79. The van der Waals surface area contributed by atoms with Crippen molar-refractivity contribution in [2.45, 2.75) is 31.5 Å². The molecule has 10 heteroatoms. The predicted octanol–water partition coefficient (Wildman–Crippen LogP) is 2.54. The van der Waals surface area contributed by atoms with Gasteiger partial charge in [0, 0.05) is 5.56 Å². The number of H-pyrrole nitrogens is 1. The first-order chi connectivity index (χ1) is 13.7. The van der Waals surface area contributed by atoms with Crippen molar-refractivity contribution in [2.24, 2.45) is 0 Å². The molecule has 0 fully saturated rings. The van der Waals surface area contributed by atoms with Crippen LogP contribution in [0.3, 0.4) is 0 Å². The summed E-state index contributed by atoms with van der Waals surface area (Å²) in [6.45, 7) is 5.40. The normalized spacial score (nSPS) is 11.5. The second-order valence-electron chi connectivity index (χ2n) is 7.11. The Labute approximate surface area is 171 Å². The van der Waals surface area contributed by atoms with Crippen LogP contribution in [0.1, 0.15) is 20.8 Å². The van der Waals surface area contributed by atoms with Crippen molar-refractivity contribution in [3.8, 4) is 22.8 Å². The highest BCUT2D eigenvalue weighted by Gasteiger charge is 2.19. The van der Waals surface area contributed by atoms with Crippen LogP contribution in [0.15, 0.2) is 34.2 Å². The highest BCUT2D eigenvalue weighted by molar-refractivity contribution is 7.99. The summed E-state index contributed by atoms with van der Waals surface area (Å²) in [5.74, 6) is 0.800. The Kier molecular flexibility index (Phi) is 5.83. The molecule has 2 aromatic heterocycles. The molecule has 0 radical (unpaired) electrons. The van der Waals surface area contributed by atoms with Crippen LogP contribution in [0.2, 0.25) is 0 Å². The van der Waals surface area contributed by atoms with Gasteiger partial charge in [-0.15, -0.1) is 5.10 Å². The SMILES string of the molecule is COc1ccc(-c2cc3c(=O)[nH]nc(SCC(=O)OC(C)(C)C)n3n2)cc1OC. The summed E-state index contributed by atoms with van der Waals surface area (Å²) >= 11 is 1.13. The molecule has 0 saturated heterocycles. The molecule has 0 aliphatic heterocycles. The van der Waals surface area contributed by atoms with E-state index in [1.54, 1.807) is 53.2 Å². The fraction of sp³-hybridized carbons (Fsp3) is 0.368. The van der Waals surface area contributed by atoms with Crippen molar-refractivity contribution in [1.82, 2.24) is 19.8 Å². The molecular formula is C19H22N4O5S. The topological polar surface area (TPSA) is 108 Å². The number of rotatable bonds is 6. The quantitative estimate of drug-likeness (QED) is 0.481. The van der Waals surface area contributed by atoms with Gasteiger partial charge in [-0.2, -0.15) is 5.10 Å². The monoisotopic (exact) mass is 418 g/mol. The van der Waals surface area contributed by atoms with Crippen molar-refractivity contribution in [3.63, 3.8) is 0 Å². The van der Waals surface area contributed by atoms with Crippen LogP contribution in [-0.4, -0.2) is 51.4 Å². The predicted molar refractivity (Wildman–Crippen MR) is 109 cm³/mol. The number of esters is 1. The van der Waals surface area contributed by atoms with Gasteiger partial charge in [0.15, 0.2) is 11.5 Å². The van der Waals surface area contributed by atoms with Crippen LogP contribution in [0.25, 0.3) is 16.8 Å². The lowest BCUT2D eigenvalue weighted by Gasteiger charge is -2.19. The van der Waals surface area contributed by atoms with E-state index in [9.17, 15) is 9.59 Å². The highest BCUT2D eigenvalue weighted by Crippen LogP contribution is 2.32. The Morgan fingerprint density at radius 3 is 2.55 bits per heavy atom. The van der Waals surface area contributed by atoms with E-state index in [0.717, 1.165) is 17.3 Å². The van der Waals surface area contributed by atoms with Gasteiger partial charge < -0.3 is 14.2 Å². The summed E-state index contributed by atoms with van der Waals surface area (Å²) in [5, 5.41) is 11.3. The van der Waals surface area contributed by atoms with E-state index >= 15 is 0 Å². The van der Waals surface area contributed by atoms with Crippen molar-refractivity contribution < 1.29 is 19.0 Å². The lowest BCUT2D eigenvalue weighted by atomic mass is 10.1. The molecule has 0 spiro atoms. The molecule has 0 aliphatic rings. The van der Waals surface area contributed by atoms with E-state index in [2.05, 4.69) is 15.3 Å². The van der Waals surface area contributed by atoms with Gasteiger partial charge >= 0.3 is 5.97 Å². The first-order valence-electron chi connectivity index (χ1n) is 8.77. The lowest BCUT2D eigenvalue weighted by Crippen LogP contribution is -2.25. The summed E-state index contributed by atoms with van der Waals surface area (Å²) in [5.41, 5.74) is 0.664. The zero-order valence-corrected chi connectivity index (χ0v) is 17.6. The number of hydrogen-bond acceptors (Lipinski definition) is 8. The Bertz CT molecular complexity index is 1100. The molecule has 0 bridgehead atoms. The summed E-state index contributed by atoms with van der Waals surface area (Å²) in [4.78, 5) is 24.2. The van der Waals surface area contributed by atoms with E-state index in [-0.39, 0.29) is 17.3 Å². The molecule has 0 aliphatic carbocycles. The van der Waals surface area contributed by atoms with E-state index in [1.807, 2.05) is 6.07 Å². The molecular weight excluding hydrogens is 396 g/mol. The van der Waals surface area contributed by atoms with E-state index in [4.69, 9.17) is 14.2 Å². The maximum Gasteiger partial charge on any atom is 0.316 e. The fourth-order valence-electron chi connectivity index (χ4n) is 2.62. The number of aromatic amines is 1. The van der Waals surface area contributed by atoms with Crippen molar-refractivity contribution >= 4 is 23.2 Å². The molecule has 9 nitrogen and oxygen atoms in total. The van der Waals surface area contributed by atoms with Crippen molar-refractivity contribution in [3.05, 3.63) is 34.6 Å². The van der Waals surface area contributed by atoms with Gasteiger partial charge in [0.05, 0.1) is 25.7 Å². The Morgan fingerprint density at radius 2 is 1.90 bits per heavy atom. The van der Waals surface area contributed by atoms with Gasteiger partial charge in [0.1, 0.15) is 11.1 Å². The number of nitrogens with one attached hydrogen (secondary N) is 1. The number of aromatic nitrogens is 4. The van der Waals surface area contributed by atoms with Crippen LogP contribution in [-0.2, 0) is 9.53 Å².